The molecule has 0 aliphatic carbocycles. The van der Waals surface area contributed by atoms with Crippen LogP contribution in [0.2, 0.25) is 0 Å². The molecule has 0 saturated carbocycles. The summed E-state index contributed by atoms with van der Waals surface area (Å²) in [6.45, 7) is 15.5. The van der Waals surface area contributed by atoms with Crippen molar-refractivity contribution in [2.24, 2.45) is 5.92 Å². The number of esters is 1. The Hall–Kier alpha value is -1.07. The zero-order valence-corrected chi connectivity index (χ0v) is 34.3. The lowest BCUT2D eigenvalue weighted by Gasteiger charge is -2.21. The van der Waals surface area contributed by atoms with Gasteiger partial charge in [-0.1, -0.05) is 181 Å². The first-order chi connectivity index (χ1) is 24.6. The van der Waals surface area contributed by atoms with Crippen LogP contribution in [-0.2, 0) is 14.3 Å². The molecule has 0 heterocycles. The van der Waals surface area contributed by atoms with E-state index in [2.05, 4.69) is 32.3 Å². The van der Waals surface area contributed by atoms with Gasteiger partial charge in [-0.05, 0) is 58.0 Å². The van der Waals surface area contributed by atoms with Gasteiger partial charge in [0.05, 0.1) is 31.5 Å². The van der Waals surface area contributed by atoms with E-state index in [9.17, 15) is 9.90 Å². The van der Waals surface area contributed by atoms with Crippen molar-refractivity contribution >= 4 is 5.97 Å². The molecule has 0 bridgehead atoms. The van der Waals surface area contributed by atoms with Gasteiger partial charge in [-0.25, -0.2) is 0 Å². The van der Waals surface area contributed by atoms with Crippen LogP contribution in [0.5, 0.6) is 0 Å². The SMILES string of the molecule is C=C(CCCCCCCN(CCO)CCCCCCCOC(=O)C(CCCCCCCC)CCCCCCCC)OCCCCCCCCC. The summed E-state index contributed by atoms with van der Waals surface area (Å²) in [5.74, 6) is 1.14. The number of hydrogen-bond acceptors (Lipinski definition) is 5. The van der Waals surface area contributed by atoms with Crippen LogP contribution in [0.25, 0.3) is 0 Å². The van der Waals surface area contributed by atoms with Gasteiger partial charge in [-0.3, -0.25) is 4.79 Å². The summed E-state index contributed by atoms with van der Waals surface area (Å²) in [5, 5.41) is 9.56. The molecular formula is C45H89NO4. The summed E-state index contributed by atoms with van der Waals surface area (Å²) in [6, 6.07) is 0. The molecule has 0 rings (SSSR count). The number of carbonyl (C=O) groups is 1. The van der Waals surface area contributed by atoms with Gasteiger partial charge >= 0.3 is 5.97 Å². The second kappa shape index (κ2) is 40.7. The van der Waals surface area contributed by atoms with Crippen LogP contribution in [0.3, 0.4) is 0 Å². The van der Waals surface area contributed by atoms with Crippen LogP contribution < -0.4 is 0 Å². The summed E-state index contributed by atoms with van der Waals surface area (Å²) in [6.07, 6.45) is 39.4. The van der Waals surface area contributed by atoms with E-state index in [1.165, 1.54) is 167 Å². The van der Waals surface area contributed by atoms with Crippen molar-refractivity contribution in [1.29, 1.82) is 0 Å². The number of aliphatic hydroxyl groups excluding tert-OH is 1. The first-order valence-corrected chi connectivity index (χ1v) is 22.4. The third-order valence-corrected chi connectivity index (χ3v) is 10.4. The Morgan fingerprint density at radius 3 is 1.34 bits per heavy atom. The standard InChI is InChI=1S/C45H89NO4/c1-5-8-11-14-17-25-32-41-49-43(4)34-27-20-18-23-30-37-46(39-40-47)38-31-24-19-26-33-42-50-45(48)44(35-28-21-15-12-9-6-2)36-29-22-16-13-10-7-3/h44,47H,4-42H2,1-3H3. The number of unbranched alkanes of at least 4 members (excludes halogenated alkanes) is 24. The smallest absolute Gasteiger partial charge is 0.308 e. The molecule has 0 fully saturated rings. The first-order valence-electron chi connectivity index (χ1n) is 22.4. The van der Waals surface area contributed by atoms with E-state index in [1.807, 2.05) is 0 Å². The summed E-state index contributed by atoms with van der Waals surface area (Å²) >= 11 is 0. The summed E-state index contributed by atoms with van der Waals surface area (Å²) in [5.41, 5.74) is 0. The number of carbonyl (C=O) groups excluding carboxylic acids is 1. The highest BCUT2D eigenvalue weighted by Crippen LogP contribution is 2.21. The quantitative estimate of drug-likeness (QED) is 0.0389. The van der Waals surface area contributed by atoms with Crippen molar-refractivity contribution in [2.75, 3.05) is 39.5 Å². The number of hydrogen-bond donors (Lipinski definition) is 1. The Balaban J connectivity index is 3.94. The van der Waals surface area contributed by atoms with Crippen LogP contribution in [0.1, 0.15) is 226 Å². The second-order valence-electron chi connectivity index (χ2n) is 15.3. The predicted octanol–water partition coefficient (Wildman–Crippen LogP) is 13.5. The lowest BCUT2D eigenvalue weighted by Crippen LogP contribution is -2.29. The molecule has 0 atom stereocenters. The fourth-order valence-electron chi connectivity index (χ4n) is 6.99. The highest BCUT2D eigenvalue weighted by Gasteiger charge is 2.19. The van der Waals surface area contributed by atoms with Gasteiger partial charge in [0.15, 0.2) is 0 Å². The summed E-state index contributed by atoms with van der Waals surface area (Å²) < 4.78 is 11.7. The van der Waals surface area contributed by atoms with E-state index in [1.54, 1.807) is 0 Å². The highest BCUT2D eigenvalue weighted by molar-refractivity contribution is 5.72. The van der Waals surface area contributed by atoms with Crippen molar-refractivity contribution in [3.63, 3.8) is 0 Å². The van der Waals surface area contributed by atoms with Crippen molar-refractivity contribution in [1.82, 2.24) is 4.90 Å². The number of aliphatic hydroxyl groups is 1. The molecule has 298 valence electrons. The highest BCUT2D eigenvalue weighted by atomic mass is 16.5. The third-order valence-electron chi connectivity index (χ3n) is 10.4. The van der Waals surface area contributed by atoms with Crippen LogP contribution in [0, 0.1) is 5.92 Å². The Morgan fingerprint density at radius 1 is 0.500 bits per heavy atom. The van der Waals surface area contributed by atoms with Gasteiger partial charge < -0.3 is 19.5 Å². The van der Waals surface area contributed by atoms with Crippen LogP contribution in [-0.4, -0.2) is 55.4 Å². The normalized spacial score (nSPS) is 11.6. The number of nitrogens with zero attached hydrogens (tertiary/aromatic N) is 1. The van der Waals surface area contributed by atoms with E-state index in [-0.39, 0.29) is 18.5 Å². The van der Waals surface area contributed by atoms with Gasteiger partial charge in [-0.15, -0.1) is 0 Å². The third kappa shape index (κ3) is 35.3. The molecule has 0 spiro atoms. The van der Waals surface area contributed by atoms with Gasteiger partial charge in [0, 0.05) is 13.0 Å². The average Bonchev–Trinajstić information content (AvgIpc) is 3.11. The maximum absolute atomic E-state index is 13.0. The minimum Gasteiger partial charge on any atom is -0.499 e. The number of rotatable bonds is 42. The second-order valence-corrected chi connectivity index (χ2v) is 15.3. The zero-order valence-electron chi connectivity index (χ0n) is 34.3. The lowest BCUT2D eigenvalue weighted by molar-refractivity contribution is -0.149. The Morgan fingerprint density at radius 2 is 0.880 bits per heavy atom. The molecule has 0 amide bonds. The largest absolute Gasteiger partial charge is 0.499 e. The van der Waals surface area contributed by atoms with E-state index in [0.29, 0.717) is 6.61 Å². The van der Waals surface area contributed by atoms with Gasteiger partial charge in [0.2, 0.25) is 0 Å². The maximum atomic E-state index is 13.0. The van der Waals surface area contributed by atoms with Crippen molar-refractivity contribution in [3.8, 4) is 0 Å². The van der Waals surface area contributed by atoms with Crippen molar-refractivity contribution in [2.45, 2.75) is 226 Å². The molecule has 5 nitrogen and oxygen atoms in total. The monoisotopic (exact) mass is 708 g/mol. The van der Waals surface area contributed by atoms with E-state index < -0.39 is 0 Å². The van der Waals surface area contributed by atoms with E-state index >= 15 is 0 Å². The minimum atomic E-state index is 0.0697. The van der Waals surface area contributed by atoms with Crippen LogP contribution in [0.15, 0.2) is 12.3 Å². The fraction of sp³-hybridized carbons (Fsp3) is 0.933. The van der Waals surface area contributed by atoms with Gasteiger partial charge in [-0.2, -0.15) is 0 Å². The molecule has 0 unspecified atom stereocenters. The predicted molar refractivity (Wildman–Crippen MR) is 218 cm³/mol. The molecule has 0 aromatic carbocycles. The van der Waals surface area contributed by atoms with E-state index in [4.69, 9.17) is 9.47 Å². The zero-order chi connectivity index (χ0) is 36.6. The lowest BCUT2D eigenvalue weighted by atomic mass is 9.94. The van der Waals surface area contributed by atoms with E-state index in [0.717, 1.165) is 70.5 Å². The molecule has 0 aromatic rings. The van der Waals surface area contributed by atoms with Gasteiger partial charge in [0.25, 0.3) is 0 Å². The molecule has 0 saturated heterocycles. The first kappa shape index (κ1) is 48.9. The summed E-state index contributed by atoms with van der Waals surface area (Å²) in [7, 11) is 0. The van der Waals surface area contributed by atoms with Crippen LogP contribution >= 0.6 is 0 Å². The maximum Gasteiger partial charge on any atom is 0.308 e. The fourth-order valence-corrected chi connectivity index (χ4v) is 6.99. The molecule has 0 aliphatic rings. The van der Waals surface area contributed by atoms with Gasteiger partial charge in [0.1, 0.15) is 0 Å². The molecule has 0 aromatic heterocycles. The summed E-state index contributed by atoms with van der Waals surface area (Å²) in [4.78, 5) is 15.4. The number of allylic oxidation sites excluding steroid dienone is 1. The minimum absolute atomic E-state index is 0.0697. The molecule has 0 aliphatic heterocycles. The Kier molecular flexibility index (Phi) is 39.8. The molecular weight excluding hydrogens is 618 g/mol. The van der Waals surface area contributed by atoms with Crippen LogP contribution in [0.4, 0.5) is 0 Å². The number of ether oxygens (including phenoxy) is 2. The molecule has 1 N–H and O–H groups in total. The van der Waals surface area contributed by atoms with Crippen molar-refractivity contribution in [3.05, 3.63) is 12.3 Å². The Bertz CT molecular complexity index is 683. The van der Waals surface area contributed by atoms with Crippen molar-refractivity contribution < 1.29 is 19.4 Å². The molecule has 0 radical (unpaired) electrons. The topological polar surface area (TPSA) is 59.0 Å². The molecule has 5 heteroatoms. The molecule has 50 heavy (non-hydrogen) atoms. The average molecular weight is 708 g/mol. The Labute approximate surface area is 313 Å².